The van der Waals surface area contributed by atoms with Crippen molar-refractivity contribution in [3.05, 3.63) is 58.1 Å². The molecule has 0 spiro atoms. The van der Waals surface area contributed by atoms with Gasteiger partial charge in [0.25, 0.3) is 0 Å². The fraction of sp³-hybridized carbons (Fsp3) is 0.0769. The number of rotatable bonds is 4. The standard InChI is InChI=1S/C13H9F2NO4/c1-19-11-3-2-4-12(13(11)16(17)18)20-10-6-5-8(14)7-9(10)15/h2-7H,1H3. The van der Waals surface area contributed by atoms with Gasteiger partial charge >= 0.3 is 5.69 Å². The van der Waals surface area contributed by atoms with Gasteiger partial charge in [-0.3, -0.25) is 10.1 Å². The molecular weight excluding hydrogens is 272 g/mol. The number of halogens is 2. The second-order valence-corrected chi connectivity index (χ2v) is 3.74. The molecule has 0 unspecified atom stereocenters. The van der Waals surface area contributed by atoms with E-state index in [1.807, 2.05) is 0 Å². The largest absolute Gasteiger partial charge is 0.490 e. The lowest BCUT2D eigenvalue weighted by Crippen LogP contribution is -1.98. The van der Waals surface area contributed by atoms with E-state index in [1.54, 1.807) is 0 Å². The summed E-state index contributed by atoms with van der Waals surface area (Å²) in [5.74, 6) is -2.25. The minimum absolute atomic E-state index is 0.0185. The summed E-state index contributed by atoms with van der Waals surface area (Å²) in [6, 6.07) is 6.80. The third kappa shape index (κ3) is 2.66. The molecule has 0 bridgehead atoms. The highest BCUT2D eigenvalue weighted by Gasteiger charge is 2.23. The molecule has 0 aliphatic carbocycles. The minimum Gasteiger partial charge on any atom is -0.490 e. The Morgan fingerprint density at radius 1 is 1.10 bits per heavy atom. The number of hydrogen-bond donors (Lipinski definition) is 0. The maximum Gasteiger partial charge on any atom is 0.352 e. The smallest absolute Gasteiger partial charge is 0.352 e. The van der Waals surface area contributed by atoms with Crippen LogP contribution in [0.5, 0.6) is 17.2 Å². The summed E-state index contributed by atoms with van der Waals surface area (Å²) >= 11 is 0. The van der Waals surface area contributed by atoms with Gasteiger partial charge in [0, 0.05) is 6.07 Å². The van der Waals surface area contributed by atoms with E-state index < -0.39 is 22.2 Å². The molecule has 0 aliphatic rings. The lowest BCUT2D eigenvalue weighted by Gasteiger charge is -2.09. The van der Waals surface area contributed by atoms with Gasteiger partial charge in [-0.1, -0.05) is 6.07 Å². The van der Waals surface area contributed by atoms with Crippen molar-refractivity contribution >= 4 is 5.69 Å². The molecule has 0 atom stereocenters. The van der Waals surface area contributed by atoms with E-state index >= 15 is 0 Å². The summed E-state index contributed by atoms with van der Waals surface area (Å²) in [5, 5.41) is 11.0. The summed E-state index contributed by atoms with van der Waals surface area (Å²) in [6.45, 7) is 0. The zero-order valence-corrected chi connectivity index (χ0v) is 10.3. The highest BCUT2D eigenvalue weighted by molar-refractivity contribution is 5.58. The first kappa shape index (κ1) is 13.7. The molecular formula is C13H9F2NO4. The van der Waals surface area contributed by atoms with Crippen molar-refractivity contribution in [1.82, 2.24) is 0 Å². The number of nitro benzene ring substituents is 1. The molecule has 0 amide bonds. The van der Waals surface area contributed by atoms with Gasteiger partial charge in [-0.05, 0) is 24.3 Å². The van der Waals surface area contributed by atoms with Crippen molar-refractivity contribution in [1.29, 1.82) is 0 Å². The number of ether oxygens (including phenoxy) is 2. The van der Waals surface area contributed by atoms with Crippen LogP contribution in [0.1, 0.15) is 0 Å². The second-order valence-electron chi connectivity index (χ2n) is 3.74. The summed E-state index contributed by atoms with van der Waals surface area (Å²) < 4.78 is 36.3. The Balaban J connectivity index is 2.45. The Morgan fingerprint density at radius 2 is 1.80 bits per heavy atom. The first-order valence-corrected chi connectivity index (χ1v) is 5.47. The van der Waals surface area contributed by atoms with Crippen LogP contribution in [-0.4, -0.2) is 12.0 Å². The van der Waals surface area contributed by atoms with Crippen LogP contribution in [0, 0.1) is 21.7 Å². The van der Waals surface area contributed by atoms with E-state index in [4.69, 9.17) is 9.47 Å². The third-order valence-electron chi connectivity index (χ3n) is 2.48. The van der Waals surface area contributed by atoms with Crippen LogP contribution in [0.3, 0.4) is 0 Å². The molecule has 2 aromatic rings. The predicted molar refractivity (Wildman–Crippen MR) is 66.1 cm³/mol. The van der Waals surface area contributed by atoms with Gasteiger partial charge in [-0.2, -0.15) is 0 Å². The summed E-state index contributed by atoms with van der Waals surface area (Å²) in [7, 11) is 1.27. The Bertz CT molecular complexity index is 661. The maximum absolute atomic E-state index is 13.5. The Morgan fingerprint density at radius 3 is 2.40 bits per heavy atom. The topological polar surface area (TPSA) is 61.6 Å². The molecule has 7 heteroatoms. The van der Waals surface area contributed by atoms with Crippen molar-refractivity contribution in [2.75, 3.05) is 7.11 Å². The molecule has 0 aliphatic heterocycles. The number of hydrogen-bond acceptors (Lipinski definition) is 4. The first-order chi connectivity index (χ1) is 9.52. The molecule has 0 radical (unpaired) electrons. The quantitative estimate of drug-likeness (QED) is 0.633. The summed E-state index contributed by atoms with van der Waals surface area (Å²) in [6.07, 6.45) is 0. The summed E-state index contributed by atoms with van der Waals surface area (Å²) in [4.78, 5) is 10.3. The first-order valence-electron chi connectivity index (χ1n) is 5.47. The van der Waals surface area contributed by atoms with E-state index in [-0.39, 0.29) is 17.2 Å². The van der Waals surface area contributed by atoms with Gasteiger partial charge in [-0.25, -0.2) is 8.78 Å². The molecule has 5 nitrogen and oxygen atoms in total. The maximum atomic E-state index is 13.5. The van der Waals surface area contributed by atoms with Crippen LogP contribution < -0.4 is 9.47 Å². The van der Waals surface area contributed by atoms with Crippen molar-refractivity contribution in [3.8, 4) is 17.2 Å². The number of nitro groups is 1. The van der Waals surface area contributed by atoms with Gasteiger partial charge < -0.3 is 9.47 Å². The van der Waals surface area contributed by atoms with Crippen LogP contribution in [0.15, 0.2) is 36.4 Å². The van der Waals surface area contributed by atoms with E-state index in [0.29, 0.717) is 6.07 Å². The van der Waals surface area contributed by atoms with Crippen molar-refractivity contribution in [2.24, 2.45) is 0 Å². The Kier molecular flexibility index (Phi) is 3.79. The third-order valence-corrected chi connectivity index (χ3v) is 2.48. The van der Waals surface area contributed by atoms with Crippen molar-refractivity contribution in [2.45, 2.75) is 0 Å². The SMILES string of the molecule is COc1cccc(Oc2ccc(F)cc2F)c1[N+](=O)[O-]. The lowest BCUT2D eigenvalue weighted by molar-refractivity contribution is -0.386. The molecule has 2 rings (SSSR count). The Hall–Kier alpha value is -2.70. The van der Waals surface area contributed by atoms with E-state index in [9.17, 15) is 18.9 Å². The highest BCUT2D eigenvalue weighted by atomic mass is 19.1. The Labute approximate surface area is 112 Å². The molecule has 2 aromatic carbocycles. The van der Waals surface area contributed by atoms with Crippen molar-refractivity contribution < 1.29 is 23.2 Å². The molecule has 20 heavy (non-hydrogen) atoms. The van der Waals surface area contributed by atoms with Crippen LogP contribution in [-0.2, 0) is 0 Å². The van der Waals surface area contributed by atoms with Gasteiger partial charge in [0.1, 0.15) is 5.82 Å². The minimum atomic E-state index is -0.956. The highest BCUT2D eigenvalue weighted by Crippen LogP contribution is 2.39. The molecule has 104 valence electrons. The van der Waals surface area contributed by atoms with Crippen LogP contribution >= 0.6 is 0 Å². The number of nitrogens with zero attached hydrogens (tertiary/aromatic N) is 1. The lowest BCUT2D eigenvalue weighted by atomic mass is 10.2. The second kappa shape index (κ2) is 5.52. The van der Waals surface area contributed by atoms with Crippen molar-refractivity contribution in [3.63, 3.8) is 0 Å². The fourth-order valence-corrected chi connectivity index (χ4v) is 1.61. The average Bonchev–Trinajstić information content (AvgIpc) is 2.41. The molecule has 0 saturated heterocycles. The van der Waals surface area contributed by atoms with Gasteiger partial charge in [-0.15, -0.1) is 0 Å². The zero-order chi connectivity index (χ0) is 14.7. The number of para-hydroxylation sites is 1. The number of benzene rings is 2. The van der Waals surface area contributed by atoms with Crippen LogP contribution in [0.25, 0.3) is 0 Å². The molecule has 0 fully saturated rings. The predicted octanol–water partition coefficient (Wildman–Crippen LogP) is 3.67. The normalized spacial score (nSPS) is 10.2. The molecule has 0 aromatic heterocycles. The zero-order valence-electron chi connectivity index (χ0n) is 10.3. The van der Waals surface area contributed by atoms with Gasteiger partial charge in [0.2, 0.25) is 11.5 Å². The summed E-state index contributed by atoms with van der Waals surface area (Å²) in [5.41, 5.74) is -0.432. The van der Waals surface area contributed by atoms with E-state index in [2.05, 4.69) is 0 Å². The van der Waals surface area contributed by atoms with Crippen LogP contribution in [0.4, 0.5) is 14.5 Å². The van der Waals surface area contributed by atoms with Gasteiger partial charge in [0.15, 0.2) is 11.6 Å². The average molecular weight is 281 g/mol. The molecule has 0 N–H and O–H groups in total. The number of methoxy groups -OCH3 is 1. The molecule has 0 saturated carbocycles. The fourth-order valence-electron chi connectivity index (χ4n) is 1.61. The molecule has 0 heterocycles. The van der Waals surface area contributed by atoms with Crippen LogP contribution in [0.2, 0.25) is 0 Å². The monoisotopic (exact) mass is 281 g/mol. The van der Waals surface area contributed by atoms with E-state index in [1.165, 1.54) is 25.3 Å². The van der Waals surface area contributed by atoms with Gasteiger partial charge in [0.05, 0.1) is 12.0 Å². The van der Waals surface area contributed by atoms with E-state index in [0.717, 1.165) is 12.1 Å².